The molecule has 1 aromatic rings. The predicted octanol–water partition coefficient (Wildman–Crippen LogP) is 0.700. The number of benzene rings is 1. The Kier molecular flexibility index (Phi) is 6.97. The Morgan fingerprint density at radius 1 is 1.08 bits per heavy atom. The van der Waals surface area contributed by atoms with E-state index in [1.165, 1.54) is 0 Å². The van der Waals surface area contributed by atoms with Crippen molar-refractivity contribution in [2.45, 2.75) is 19.5 Å². The molecular formula is C18H27N5O3. The summed E-state index contributed by atoms with van der Waals surface area (Å²) in [6.45, 7) is 4.45. The van der Waals surface area contributed by atoms with Crippen LogP contribution in [0, 0.1) is 0 Å². The van der Waals surface area contributed by atoms with Gasteiger partial charge in [-0.1, -0.05) is 30.3 Å². The van der Waals surface area contributed by atoms with E-state index in [-0.39, 0.29) is 11.9 Å². The first-order valence-electron chi connectivity index (χ1n) is 8.71. The summed E-state index contributed by atoms with van der Waals surface area (Å²) in [7, 11) is 3.44. The van der Waals surface area contributed by atoms with Crippen LogP contribution in [0.4, 0.5) is 9.59 Å². The molecule has 8 nitrogen and oxygen atoms in total. The first-order chi connectivity index (χ1) is 12.4. The minimum atomic E-state index is -0.507. The largest absolute Gasteiger partial charge is 0.334 e. The van der Waals surface area contributed by atoms with Gasteiger partial charge in [0, 0.05) is 46.8 Å². The number of piperazine rings is 1. The average Bonchev–Trinajstić information content (AvgIpc) is 2.66. The van der Waals surface area contributed by atoms with Crippen molar-refractivity contribution < 1.29 is 14.4 Å². The van der Waals surface area contributed by atoms with Gasteiger partial charge in [0.15, 0.2) is 0 Å². The van der Waals surface area contributed by atoms with Gasteiger partial charge >= 0.3 is 12.1 Å². The molecule has 1 atom stereocenters. The van der Waals surface area contributed by atoms with Crippen LogP contribution in [0.5, 0.6) is 0 Å². The Morgan fingerprint density at radius 3 is 2.27 bits per heavy atom. The van der Waals surface area contributed by atoms with Gasteiger partial charge in [-0.25, -0.2) is 9.59 Å². The molecule has 0 aliphatic carbocycles. The molecule has 1 heterocycles. The third kappa shape index (κ3) is 5.45. The van der Waals surface area contributed by atoms with E-state index in [4.69, 9.17) is 0 Å². The lowest BCUT2D eigenvalue weighted by Gasteiger charge is -2.38. The third-order valence-electron chi connectivity index (χ3n) is 4.43. The quantitative estimate of drug-likeness (QED) is 0.827. The van der Waals surface area contributed by atoms with Crippen molar-refractivity contribution in [3.05, 3.63) is 35.9 Å². The van der Waals surface area contributed by atoms with Gasteiger partial charge in [-0.3, -0.25) is 15.0 Å². The van der Waals surface area contributed by atoms with Gasteiger partial charge in [0.2, 0.25) is 5.91 Å². The van der Waals surface area contributed by atoms with Crippen molar-refractivity contribution in [3.63, 3.8) is 0 Å². The van der Waals surface area contributed by atoms with Gasteiger partial charge in [0.05, 0.1) is 6.04 Å². The lowest BCUT2D eigenvalue weighted by atomic mass is 10.2. The Balaban J connectivity index is 1.75. The summed E-state index contributed by atoms with van der Waals surface area (Å²) in [5.74, 6) is -0.344. The van der Waals surface area contributed by atoms with Crippen LogP contribution in [-0.2, 0) is 11.3 Å². The van der Waals surface area contributed by atoms with Crippen molar-refractivity contribution in [2.75, 3.05) is 40.3 Å². The lowest BCUT2D eigenvalue weighted by molar-refractivity contribution is -0.125. The molecule has 0 saturated carbocycles. The summed E-state index contributed by atoms with van der Waals surface area (Å²) in [4.78, 5) is 41.4. The first kappa shape index (κ1) is 19.7. The van der Waals surface area contributed by atoms with E-state index in [1.807, 2.05) is 35.2 Å². The maximum Gasteiger partial charge on any atom is 0.321 e. The Bertz CT molecular complexity index is 627. The molecule has 1 fully saturated rings. The Morgan fingerprint density at radius 2 is 1.69 bits per heavy atom. The van der Waals surface area contributed by atoms with Crippen molar-refractivity contribution in [3.8, 4) is 0 Å². The molecule has 1 unspecified atom stereocenters. The molecule has 1 saturated heterocycles. The minimum absolute atomic E-state index is 0.0259. The van der Waals surface area contributed by atoms with Crippen LogP contribution < -0.4 is 10.6 Å². The number of hydrogen-bond donors (Lipinski definition) is 2. The van der Waals surface area contributed by atoms with Gasteiger partial charge < -0.3 is 15.1 Å². The normalized spacial score (nSPS) is 15.9. The third-order valence-corrected chi connectivity index (χ3v) is 4.43. The molecule has 1 aliphatic heterocycles. The molecule has 142 valence electrons. The fourth-order valence-corrected chi connectivity index (χ4v) is 2.79. The van der Waals surface area contributed by atoms with Crippen LogP contribution in [0.2, 0.25) is 0 Å². The lowest BCUT2D eigenvalue weighted by Crippen LogP contribution is -2.57. The molecule has 0 bridgehead atoms. The average molecular weight is 361 g/mol. The summed E-state index contributed by atoms with van der Waals surface area (Å²) in [6.07, 6.45) is 0. The van der Waals surface area contributed by atoms with Crippen molar-refractivity contribution >= 4 is 18.0 Å². The standard InChI is InChI=1S/C18H27N5O3/c1-14(22-9-11-23(12-10-22)18(26)21(2)3)16(24)20-17(25)19-13-15-7-5-4-6-8-15/h4-8,14H,9-13H2,1-3H3,(H2,19,20,24,25). The highest BCUT2D eigenvalue weighted by Crippen LogP contribution is 2.08. The number of rotatable bonds is 4. The molecule has 0 spiro atoms. The number of nitrogens with zero attached hydrogens (tertiary/aromatic N) is 3. The van der Waals surface area contributed by atoms with E-state index in [1.54, 1.807) is 30.8 Å². The van der Waals surface area contributed by atoms with Crippen LogP contribution in [0.25, 0.3) is 0 Å². The number of imide groups is 1. The van der Waals surface area contributed by atoms with Gasteiger partial charge in [-0.2, -0.15) is 0 Å². The summed E-state index contributed by atoms with van der Waals surface area (Å²) in [6, 6.07) is 8.52. The molecule has 0 radical (unpaired) electrons. The summed E-state index contributed by atoms with van der Waals surface area (Å²) in [5, 5.41) is 5.05. The van der Waals surface area contributed by atoms with Crippen LogP contribution in [0.1, 0.15) is 12.5 Å². The Labute approximate surface area is 154 Å². The van der Waals surface area contributed by atoms with Crippen LogP contribution in [0.15, 0.2) is 30.3 Å². The second-order valence-corrected chi connectivity index (χ2v) is 6.53. The zero-order valence-electron chi connectivity index (χ0n) is 15.6. The number of nitrogens with one attached hydrogen (secondary N) is 2. The summed E-state index contributed by atoms with van der Waals surface area (Å²) >= 11 is 0. The highest BCUT2D eigenvalue weighted by atomic mass is 16.2. The second-order valence-electron chi connectivity index (χ2n) is 6.53. The summed E-state index contributed by atoms with van der Waals surface area (Å²) in [5.41, 5.74) is 0.963. The topological polar surface area (TPSA) is 85.0 Å². The fourth-order valence-electron chi connectivity index (χ4n) is 2.79. The van der Waals surface area contributed by atoms with Crippen molar-refractivity contribution in [1.29, 1.82) is 0 Å². The SMILES string of the molecule is CC(C(=O)NC(=O)NCc1ccccc1)N1CCN(C(=O)N(C)C)CC1. The number of carbonyl (C=O) groups is 3. The maximum absolute atomic E-state index is 12.3. The van der Waals surface area contributed by atoms with E-state index in [9.17, 15) is 14.4 Å². The summed E-state index contributed by atoms with van der Waals surface area (Å²) < 4.78 is 0. The van der Waals surface area contributed by atoms with Gasteiger partial charge in [0.1, 0.15) is 0 Å². The molecule has 1 aromatic carbocycles. The molecule has 26 heavy (non-hydrogen) atoms. The Hall–Kier alpha value is -2.61. The molecule has 2 N–H and O–H groups in total. The van der Waals surface area contributed by atoms with E-state index in [0.29, 0.717) is 32.7 Å². The zero-order chi connectivity index (χ0) is 19.1. The zero-order valence-corrected chi connectivity index (χ0v) is 15.6. The van der Waals surface area contributed by atoms with Crippen molar-refractivity contribution in [1.82, 2.24) is 25.3 Å². The highest BCUT2D eigenvalue weighted by molar-refractivity contribution is 5.96. The van der Waals surface area contributed by atoms with Gasteiger partial charge in [-0.05, 0) is 12.5 Å². The molecule has 5 amide bonds. The van der Waals surface area contributed by atoms with Crippen LogP contribution in [-0.4, -0.2) is 79.0 Å². The van der Waals surface area contributed by atoms with E-state index in [2.05, 4.69) is 10.6 Å². The van der Waals surface area contributed by atoms with Crippen LogP contribution in [0.3, 0.4) is 0 Å². The molecule has 2 rings (SSSR count). The second kappa shape index (κ2) is 9.19. The monoisotopic (exact) mass is 361 g/mol. The van der Waals surface area contributed by atoms with Gasteiger partial charge in [0.25, 0.3) is 0 Å². The highest BCUT2D eigenvalue weighted by Gasteiger charge is 2.28. The smallest absolute Gasteiger partial charge is 0.321 e. The minimum Gasteiger partial charge on any atom is -0.334 e. The molecule has 8 heteroatoms. The van der Waals surface area contributed by atoms with Gasteiger partial charge in [-0.15, -0.1) is 0 Å². The van der Waals surface area contributed by atoms with E-state index >= 15 is 0 Å². The number of amides is 5. The number of carbonyl (C=O) groups excluding carboxylic acids is 3. The molecular weight excluding hydrogens is 334 g/mol. The number of urea groups is 2. The maximum atomic E-state index is 12.3. The van der Waals surface area contributed by atoms with Crippen LogP contribution >= 0.6 is 0 Å². The van der Waals surface area contributed by atoms with E-state index in [0.717, 1.165) is 5.56 Å². The molecule has 1 aliphatic rings. The fraction of sp³-hybridized carbons (Fsp3) is 0.500. The van der Waals surface area contributed by atoms with Crippen molar-refractivity contribution in [2.24, 2.45) is 0 Å². The predicted molar refractivity (Wildman–Crippen MR) is 98.5 cm³/mol. The van der Waals surface area contributed by atoms with E-state index < -0.39 is 12.1 Å². The first-order valence-corrected chi connectivity index (χ1v) is 8.71. The number of hydrogen-bond acceptors (Lipinski definition) is 4. The molecule has 0 aromatic heterocycles.